The second kappa shape index (κ2) is 6.68. The van der Waals surface area contributed by atoms with Gasteiger partial charge in [-0.3, -0.25) is 4.98 Å². The van der Waals surface area contributed by atoms with Crippen molar-refractivity contribution in [1.29, 1.82) is 0 Å². The van der Waals surface area contributed by atoms with Crippen LogP contribution in [-0.4, -0.2) is 12.1 Å². The molecule has 0 spiro atoms. The van der Waals surface area contributed by atoms with Gasteiger partial charge in [0.25, 0.3) is 0 Å². The molecule has 0 aliphatic rings. The van der Waals surface area contributed by atoms with Crippen LogP contribution in [0, 0.1) is 0 Å². The minimum absolute atomic E-state index is 0.882. The van der Waals surface area contributed by atoms with E-state index in [0.717, 1.165) is 17.6 Å². The lowest BCUT2D eigenvalue weighted by atomic mass is 9.98. The fourth-order valence-corrected chi connectivity index (χ4v) is 2.62. The molecule has 0 amide bonds. The molecule has 1 heterocycles. The maximum atomic E-state index is 5.21. The maximum Gasteiger partial charge on any atom is 0.118 e. The van der Waals surface area contributed by atoms with Crippen LogP contribution in [0.25, 0.3) is 11.1 Å². The second-order valence-corrected chi connectivity index (χ2v) is 5.11. The smallest absolute Gasteiger partial charge is 0.118 e. The number of pyridine rings is 1. The van der Waals surface area contributed by atoms with Crippen molar-refractivity contribution in [2.75, 3.05) is 7.11 Å². The summed E-state index contributed by atoms with van der Waals surface area (Å²) in [4.78, 5) is 4.40. The zero-order valence-corrected chi connectivity index (χ0v) is 12.7. The number of unbranched alkanes of at least 4 members (excludes halogenated alkanes) is 1. The first kappa shape index (κ1) is 14.0. The van der Waals surface area contributed by atoms with E-state index in [1.54, 1.807) is 7.11 Å². The Labute approximate surface area is 117 Å². The molecule has 1 aromatic heterocycles. The number of hydrogen-bond donors (Lipinski definition) is 0. The predicted molar refractivity (Wildman–Crippen MR) is 84.2 cm³/mol. The highest BCUT2D eigenvalue weighted by Crippen LogP contribution is 2.26. The van der Waals surface area contributed by atoms with Gasteiger partial charge in [0.2, 0.25) is 0 Å². The summed E-state index contributed by atoms with van der Waals surface area (Å²) in [5.74, 6) is 0.882. The monoisotopic (exact) mass is 273 g/mol. The van der Waals surface area contributed by atoms with Crippen molar-refractivity contribution < 1.29 is 4.74 Å². The Morgan fingerprint density at radius 3 is 2.53 bits per heavy atom. The minimum Gasteiger partial charge on any atom is -0.497 e. The molecule has 2 aromatic rings. The van der Waals surface area contributed by atoms with Crippen molar-refractivity contribution in [3.05, 3.63) is 42.1 Å². The van der Waals surface area contributed by atoms with Gasteiger partial charge in [0, 0.05) is 11.8 Å². The van der Waals surface area contributed by atoms with Gasteiger partial charge in [-0.2, -0.15) is 0 Å². The Kier molecular flexibility index (Phi) is 4.93. The van der Waals surface area contributed by atoms with Gasteiger partial charge >= 0.3 is 0 Å². The van der Waals surface area contributed by atoms with Gasteiger partial charge in [-0.05, 0) is 42.2 Å². The first-order chi connectivity index (χ1) is 9.26. The Bertz CT molecular complexity index is 537. The molecule has 0 N–H and O–H groups in total. The van der Waals surface area contributed by atoms with E-state index in [0.29, 0.717) is 0 Å². The molecule has 100 valence electrons. The highest BCUT2D eigenvalue weighted by Gasteiger charge is 2.09. The fourth-order valence-electron chi connectivity index (χ4n) is 2.19. The van der Waals surface area contributed by atoms with E-state index < -0.39 is 0 Å². The van der Waals surface area contributed by atoms with Crippen LogP contribution in [0.15, 0.2) is 36.5 Å². The highest BCUT2D eigenvalue weighted by molar-refractivity contribution is 7.27. The van der Waals surface area contributed by atoms with Crippen molar-refractivity contribution >= 4 is 14.7 Å². The van der Waals surface area contributed by atoms with Gasteiger partial charge in [0.1, 0.15) is 5.75 Å². The number of aryl methyl sites for hydroxylation is 1. The van der Waals surface area contributed by atoms with Crippen molar-refractivity contribution in [3.8, 4) is 16.9 Å². The number of rotatable bonds is 5. The van der Waals surface area contributed by atoms with Crippen molar-refractivity contribution in [2.45, 2.75) is 26.2 Å². The van der Waals surface area contributed by atoms with Crippen molar-refractivity contribution in [3.63, 3.8) is 0 Å². The van der Waals surface area contributed by atoms with Gasteiger partial charge < -0.3 is 4.74 Å². The number of methoxy groups -OCH3 is 1. The first-order valence-electron chi connectivity index (χ1n) is 6.64. The lowest BCUT2D eigenvalue weighted by molar-refractivity contribution is 0.415. The summed E-state index contributed by atoms with van der Waals surface area (Å²) in [7, 11) is 4.43. The van der Waals surface area contributed by atoms with Gasteiger partial charge in [-0.25, -0.2) is 0 Å². The van der Waals surface area contributed by atoms with Crippen LogP contribution in [0.5, 0.6) is 5.75 Å². The quantitative estimate of drug-likeness (QED) is 0.776. The third kappa shape index (κ3) is 3.33. The van der Waals surface area contributed by atoms with Crippen LogP contribution in [-0.2, 0) is 6.42 Å². The molecule has 19 heavy (non-hydrogen) atoms. The zero-order chi connectivity index (χ0) is 13.7. The molecule has 0 fully saturated rings. The molecule has 0 aliphatic heterocycles. The van der Waals surface area contributed by atoms with E-state index in [-0.39, 0.29) is 0 Å². The van der Waals surface area contributed by atoms with Gasteiger partial charge in [-0.1, -0.05) is 34.7 Å². The summed E-state index contributed by atoms with van der Waals surface area (Å²) in [6.45, 7) is 2.22. The Hall–Kier alpha value is -1.40. The van der Waals surface area contributed by atoms with Crippen LogP contribution in [0.2, 0.25) is 0 Å². The maximum absolute atomic E-state index is 5.21. The third-order valence-corrected chi connectivity index (χ3v) is 3.68. The largest absolute Gasteiger partial charge is 0.497 e. The Morgan fingerprint density at radius 1 is 1.16 bits per heavy atom. The number of hydrogen-bond acceptors (Lipinski definition) is 2. The second-order valence-electron chi connectivity index (χ2n) is 4.56. The molecule has 0 aliphatic carbocycles. The third-order valence-electron chi connectivity index (χ3n) is 3.24. The number of aromatic nitrogens is 1. The molecular weight excluding hydrogens is 253 g/mol. The molecule has 1 aromatic carbocycles. The molecule has 0 saturated heterocycles. The zero-order valence-electron chi connectivity index (χ0n) is 11.5. The van der Waals surface area contributed by atoms with Crippen LogP contribution < -0.4 is 10.2 Å². The average Bonchev–Trinajstić information content (AvgIpc) is 2.45. The predicted octanol–water partition coefficient (Wildman–Crippen LogP) is 3.60. The molecule has 3 heteroatoms. The van der Waals surface area contributed by atoms with E-state index in [1.807, 2.05) is 18.3 Å². The van der Waals surface area contributed by atoms with Crippen LogP contribution in [0.1, 0.15) is 25.3 Å². The molecule has 2 nitrogen and oxygen atoms in total. The Morgan fingerprint density at radius 2 is 1.89 bits per heavy atom. The average molecular weight is 273 g/mol. The summed E-state index contributed by atoms with van der Waals surface area (Å²) in [6, 6.07) is 10.3. The number of ether oxygens (including phenoxy) is 1. The van der Waals surface area contributed by atoms with Crippen LogP contribution in [0.4, 0.5) is 0 Å². The lowest BCUT2D eigenvalue weighted by Gasteiger charge is -2.12. The SMILES string of the molecule is CCCCc1ccnc(P)c1-c1ccc(OC)cc1. The van der Waals surface area contributed by atoms with Gasteiger partial charge in [0.15, 0.2) is 0 Å². The molecule has 0 radical (unpaired) electrons. The normalized spacial score (nSPS) is 10.5. The van der Waals surface area contributed by atoms with Gasteiger partial charge in [0.05, 0.1) is 12.5 Å². The van der Waals surface area contributed by atoms with E-state index in [4.69, 9.17) is 4.74 Å². The molecule has 2 rings (SSSR count). The standard InChI is InChI=1S/C16H20NOP/c1-3-4-5-12-10-11-17-16(19)15(12)13-6-8-14(18-2)9-7-13/h6-11H,3-5,19H2,1-2H3. The molecule has 0 bridgehead atoms. The Balaban J connectivity index is 2.40. The lowest BCUT2D eigenvalue weighted by Crippen LogP contribution is -2.06. The summed E-state index contributed by atoms with van der Waals surface area (Å²) < 4.78 is 5.21. The number of benzene rings is 1. The van der Waals surface area contributed by atoms with E-state index in [1.165, 1.54) is 29.5 Å². The van der Waals surface area contributed by atoms with Crippen molar-refractivity contribution in [1.82, 2.24) is 4.98 Å². The van der Waals surface area contributed by atoms with E-state index in [9.17, 15) is 0 Å². The van der Waals surface area contributed by atoms with E-state index in [2.05, 4.69) is 39.3 Å². The van der Waals surface area contributed by atoms with Crippen LogP contribution in [0.3, 0.4) is 0 Å². The minimum atomic E-state index is 0.882. The summed E-state index contributed by atoms with van der Waals surface area (Å²) >= 11 is 0. The van der Waals surface area contributed by atoms with Crippen molar-refractivity contribution in [2.24, 2.45) is 0 Å². The molecule has 0 saturated carbocycles. The summed E-state index contributed by atoms with van der Waals surface area (Å²) in [6.07, 6.45) is 5.40. The van der Waals surface area contributed by atoms with Crippen LogP contribution >= 0.6 is 9.24 Å². The summed E-state index contributed by atoms with van der Waals surface area (Å²) in [5, 5.41) is 0. The summed E-state index contributed by atoms with van der Waals surface area (Å²) in [5.41, 5.74) is 4.82. The molecular formula is C16H20NOP. The topological polar surface area (TPSA) is 22.1 Å². The van der Waals surface area contributed by atoms with Gasteiger partial charge in [-0.15, -0.1) is 0 Å². The fraction of sp³-hybridized carbons (Fsp3) is 0.312. The van der Waals surface area contributed by atoms with E-state index >= 15 is 0 Å². The highest BCUT2D eigenvalue weighted by atomic mass is 31.0. The molecule has 1 atom stereocenters. The first-order valence-corrected chi connectivity index (χ1v) is 7.21. The number of nitrogens with zero attached hydrogens (tertiary/aromatic N) is 1. The molecule has 1 unspecified atom stereocenters.